The first-order valence-corrected chi connectivity index (χ1v) is 49.6. The number of aromatic nitrogens is 9. The number of piperazine rings is 3. The van der Waals surface area contributed by atoms with Gasteiger partial charge in [0.2, 0.25) is 11.8 Å². The van der Waals surface area contributed by atoms with Gasteiger partial charge in [-0.15, -0.1) is 0 Å². The summed E-state index contributed by atoms with van der Waals surface area (Å²) in [5, 5.41) is 40.6. The zero-order chi connectivity index (χ0) is 98.8. The van der Waals surface area contributed by atoms with Crippen molar-refractivity contribution < 1.29 is 41.8 Å². The molecule has 5 aromatic heterocycles. The Kier molecular flexibility index (Phi) is 30.2. The monoisotopic (exact) mass is 1920 g/mol. The topological polar surface area (TPSA) is 297 Å². The third-order valence-corrected chi connectivity index (χ3v) is 29.6. The Labute approximate surface area is 827 Å². The lowest BCUT2D eigenvalue weighted by Crippen LogP contribution is -2.56. The average molecular weight is 1920 g/mol. The second-order valence-electron chi connectivity index (χ2n) is 38.7. The molecule has 9 aliphatic heterocycles. The van der Waals surface area contributed by atoms with Crippen LogP contribution in [-0.2, 0) is 60.3 Å². The maximum absolute atomic E-state index is 13.4. The minimum atomic E-state index is -4.84. The van der Waals surface area contributed by atoms with Gasteiger partial charge in [0.15, 0.2) is 0 Å². The summed E-state index contributed by atoms with van der Waals surface area (Å²) in [5.74, 6) is 0.971. The van der Waals surface area contributed by atoms with E-state index < -0.39 is 23.7 Å². The molecule has 9 aliphatic rings. The molecule has 736 valence electrons. The maximum atomic E-state index is 13.4. The molecular weight excluding hydrogens is 1800 g/mol. The number of ether oxygens (including phenoxy) is 3. The second kappa shape index (κ2) is 43.8. The molecule has 0 N–H and O–H groups in total. The number of aryl methyl sites for hydroxylation is 4. The molecule has 6 aromatic carbocycles. The number of benzene rings is 6. The molecule has 30 nitrogen and oxygen atoms in total. The van der Waals surface area contributed by atoms with Crippen LogP contribution in [0.1, 0.15) is 120 Å². The Morgan fingerprint density at radius 3 is 1.14 bits per heavy atom. The lowest BCUT2D eigenvalue weighted by Gasteiger charge is -2.42. The minimum absolute atomic E-state index is 0.00349. The van der Waals surface area contributed by atoms with Crippen LogP contribution in [0, 0.1) is 54.8 Å². The van der Waals surface area contributed by atoms with Gasteiger partial charge in [-0.3, -0.25) is 24.0 Å². The van der Waals surface area contributed by atoms with Crippen molar-refractivity contribution >= 4 is 96.7 Å². The zero-order valence-corrected chi connectivity index (χ0v) is 82.0. The second-order valence-corrected chi connectivity index (χ2v) is 38.7. The molecule has 0 spiro atoms. The highest BCUT2D eigenvalue weighted by atomic mass is 19.4. The summed E-state index contributed by atoms with van der Waals surface area (Å²) in [6.07, 6.45) is 16.3. The first kappa shape index (κ1) is 97.9. The number of likely N-dealkylation sites (tertiary alicyclic amines) is 3. The highest BCUT2D eigenvalue weighted by Gasteiger charge is 2.44. The maximum Gasteiger partial charge on any atom is 0.421 e. The first-order chi connectivity index (χ1) is 68.9. The third kappa shape index (κ3) is 21.9. The van der Waals surface area contributed by atoms with E-state index in [4.69, 9.17) is 44.1 Å². The quantitative estimate of drug-likeness (QED) is 0.0537. The summed E-state index contributed by atoms with van der Waals surface area (Å²) in [6.45, 7) is 22.0. The molecule has 33 heteroatoms. The normalized spacial score (nSPS) is 20.1. The summed E-state index contributed by atoms with van der Waals surface area (Å²) in [5.41, 5.74) is 13.4. The lowest BCUT2D eigenvalue weighted by atomic mass is 9.99. The van der Waals surface area contributed by atoms with Gasteiger partial charge in [0, 0.05) is 184 Å². The number of nitrogens with zero attached hydrogens (tertiary/aromatic N) is 24. The van der Waals surface area contributed by atoms with E-state index in [1.54, 1.807) is 41.4 Å². The Morgan fingerprint density at radius 2 is 0.803 bits per heavy atom. The molecule has 6 atom stereocenters. The lowest BCUT2D eigenvalue weighted by molar-refractivity contribution is -0.142. The van der Waals surface area contributed by atoms with Gasteiger partial charge in [-0.1, -0.05) is 104 Å². The standard InChI is InChI=1S/C38H42N8O2.C37H43N9O2.C34H38F3N7O2/c1-27-8-5-9-28-10-6-13-34(36(27)28)44-21-17-32-33(25-44)41-38(48-26-31-12-7-20-43(31)2)42-37(32)45-22-23-46(30(24-45)16-18-39)35(47)15-14-29-11-3-4-19-40-29;1-26-7-4-8-28-9-5-11-33(35(26)28)44-18-15-31-32(24-44)40-37(48-25-30-10-6-17-42(30)2)41-36(31)45-19-20-46(29(23-45)14-16-38)34(47)13-12-27-21-39-43(3)22-27;1-22-7-4-8-24-9-5-11-29(30(22)24)42-16-13-27-28(20-42)39-33(46-21-26-10-6-15-41(26)3)40-31(27)43-17-18-44(25(19-43)12-14-38)32(45)23(2)34(35,36)37/h3-6,8-11,13-15,19,30-31H,7,12,16-17,20-26H2,1-2H3;4-5,7-9,11-13,21-22,29-30H,6,10,14-15,17-20,23-25H2,1-3H3;4-5,7-9,11,25-26H,2,6,10,12-13,15-21H2,1,3H3/b15-14+;13-12+;/t30-,31-;29-,30-;25-,26-/m000/s1. The zero-order valence-electron chi connectivity index (χ0n) is 82.0. The van der Waals surface area contributed by atoms with Crippen LogP contribution in [-0.4, -0.2) is 273 Å². The third-order valence-electron chi connectivity index (χ3n) is 29.6. The van der Waals surface area contributed by atoms with Gasteiger partial charge in [0.1, 0.15) is 42.8 Å². The van der Waals surface area contributed by atoms with E-state index in [0.717, 1.165) is 145 Å². The summed E-state index contributed by atoms with van der Waals surface area (Å²) in [6, 6.07) is 51.5. The Balaban J connectivity index is 0.000000141. The van der Waals surface area contributed by atoms with Crippen molar-refractivity contribution in [2.24, 2.45) is 7.05 Å². The summed E-state index contributed by atoms with van der Waals surface area (Å²) < 4.78 is 60.7. The number of alkyl halides is 3. The van der Waals surface area contributed by atoms with Gasteiger partial charge in [-0.2, -0.15) is 64.0 Å². The molecule has 20 rings (SSSR count). The van der Waals surface area contributed by atoms with Gasteiger partial charge in [-0.05, 0) is 195 Å². The van der Waals surface area contributed by atoms with Crippen LogP contribution in [0.4, 0.5) is 47.7 Å². The smallest absolute Gasteiger partial charge is 0.421 e. The highest BCUT2D eigenvalue weighted by molar-refractivity contribution is 6.00. The molecule has 0 saturated carbocycles. The largest absolute Gasteiger partial charge is 0.462 e. The fourth-order valence-corrected chi connectivity index (χ4v) is 21.8. The van der Waals surface area contributed by atoms with E-state index in [-0.39, 0.29) is 74.8 Å². The Hall–Kier alpha value is -14.3. The molecular formula is C109H123F3N24O6. The molecule has 0 bridgehead atoms. The van der Waals surface area contributed by atoms with Crippen LogP contribution >= 0.6 is 0 Å². The van der Waals surface area contributed by atoms with Gasteiger partial charge >= 0.3 is 24.2 Å². The molecule has 0 aliphatic carbocycles. The number of nitriles is 3. The average Bonchev–Trinajstić information content (AvgIpc) is 0.889. The van der Waals surface area contributed by atoms with E-state index in [1.807, 2.05) is 52.2 Å². The number of halogens is 3. The number of pyridine rings is 1. The van der Waals surface area contributed by atoms with Crippen LogP contribution in [0.15, 0.2) is 170 Å². The van der Waals surface area contributed by atoms with Gasteiger partial charge < -0.3 is 73.0 Å². The van der Waals surface area contributed by atoms with Crippen molar-refractivity contribution in [3.8, 4) is 36.2 Å². The van der Waals surface area contributed by atoms with Crippen LogP contribution in [0.25, 0.3) is 44.5 Å². The number of hydrogen-bond donors (Lipinski definition) is 0. The van der Waals surface area contributed by atoms with Crippen molar-refractivity contribution in [3.63, 3.8) is 0 Å². The van der Waals surface area contributed by atoms with Crippen molar-refractivity contribution in [2.75, 3.05) is 169 Å². The molecule has 14 heterocycles. The Morgan fingerprint density at radius 1 is 0.437 bits per heavy atom. The van der Waals surface area contributed by atoms with E-state index in [2.05, 4.69) is 219 Å². The van der Waals surface area contributed by atoms with E-state index in [1.165, 1.54) is 73.2 Å². The molecule has 3 amide bonds. The summed E-state index contributed by atoms with van der Waals surface area (Å²) in [7, 11) is 8.21. The molecule has 0 unspecified atom stereocenters. The van der Waals surface area contributed by atoms with Crippen LogP contribution in [0.3, 0.4) is 0 Å². The minimum Gasteiger partial charge on any atom is -0.462 e. The summed E-state index contributed by atoms with van der Waals surface area (Å²) in [4.78, 5) is 99.0. The number of carbonyl (C=O) groups is 3. The number of hydrogen-bond acceptors (Lipinski definition) is 26. The van der Waals surface area contributed by atoms with Crippen LogP contribution in [0.2, 0.25) is 0 Å². The number of amides is 3. The van der Waals surface area contributed by atoms with E-state index in [0.29, 0.717) is 115 Å². The first-order valence-electron chi connectivity index (χ1n) is 49.6. The SMILES string of the molecule is C=C(C(=O)N1CCN(c2nc(OC[C@@H]3CCCN3C)nc3c2CCN(c2cccc4cccc(C)c24)C3)C[C@@H]1CC#N)C(F)(F)F.Cc1cccc2cccc(N3CCc4c(nc(OC[C@@H]5CCCN5C)nc4N4CCN(C(=O)/C=C/c5ccccn5)[C@@H](CC#N)C4)C3)c12.Cc1cccc2cccc(N3CCc4c(nc(OC[C@@H]5CCCN5C)nc4N4CCN(C(=O)/C=C/c5cnn(C)c5)[C@@H](CC#N)C4)C3)c12. The van der Waals surface area contributed by atoms with Crippen molar-refractivity contribution in [3.05, 3.63) is 232 Å². The number of fused-ring (bicyclic) bond motifs is 6. The van der Waals surface area contributed by atoms with Gasteiger partial charge in [0.05, 0.1) is 104 Å². The number of anilines is 6. The summed E-state index contributed by atoms with van der Waals surface area (Å²) >= 11 is 0. The van der Waals surface area contributed by atoms with Crippen molar-refractivity contribution in [2.45, 2.75) is 160 Å². The molecule has 6 saturated heterocycles. The molecule has 142 heavy (non-hydrogen) atoms. The van der Waals surface area contributed by atoms with Crippen LogP contribution in [0.5, 0.6) is 18.0 Å². The van der Waals surface area contributed by atoms with Crippen molar-refractivity contribution in [1.82, 2.24) is 74.1 Å². The van der Waals surface area contributed by atoms with E-state index in [9.17, 15) is 43.3 Å². The van der Waals surface area contributed by atoms with E-state index >= 15 is 0 Å². The number of carbonyl (C=O) groups excluding carboxylic acids is 3. The van der Waals surface area contributed by atoms with Gasteiger partial charge in [0.25, 0.3) is 5.91 Å². The molecule has 11 aromatic rings. The van der Waals surface area contributed by atoms with Crippen molar-refractivity contribution in [1.29, 1.82) is 15.8 Å². The van der Waals surface area contributed by atoms with Crippen LogP contribution < -0.4 is 43.6 Å². The fraction of sp³-hybridized carbons (Fsp3) is 0.431. The number of rotatable bonds is 23. The Bertz CT molecular complexity index is 6660. The molecule has 0 radical (unpaired) electrons. The predicted octanol–water partition coefficient (Wildman–Crippen LogP) is 14.4. The number of likely N-dealkylation sites (N-methyl/N-ethyl adjacent to an activating group) is 3. The highest BCUT2D eigenvalue weighted by Crippen LogP contribution is 2.43. The molecule has 6 fully saturated rings. The fourth-order valence-electron chi connectivity index (χ4n) is 21.8. The van der Waals surface area contributed by atoms with Gasteiger partial charge in [-0.25, -0.2) is 0 Å². The predicted molar refractivity (Wildman–Crippen MR) is 544 cm³/mol.